The summed E-state index contributed by atoms with van der Waals surface area (Å²) in [6, 6.07) is 17.2. The van der Waals surface area contributed by atoms with E-state index in [-0.39, 0.29) is 5.56 Å². The Hall–Kier alpha value is -3.59. The number of benzene rings is 2. The van der Waals surface area contributed by atoms with E-state index in [9.17, 15) is 4.79 Å². The lowest BCUT2D eigenvalue weighted by Gasteiger charge is -2.17. The molecule has 2 aromatic carbocycles. The highest BCUT2D eigenvalue weighted by Gasteiger charge is 2.30. The van der Waals surface area contributed by atoms with Crippen LogP contribution in [-0.2, 0) is 0 Å². The number of hydrogen-bond donors (Lipinski definition) is 2. The molecule has 1 unspecified atom stereocenters. The minimum Gasteiger partial charge on any atom is -0.447 e. The lowest BCUT2D eigenvalue weighted by atomic mass is 10.1. The summed E-state index contributed by atoms with van der Waals surface area (Å²) >= 11 is 1.55. The van der Waals surface area contributed by atoms with Crippen molar-refractivity contribution in [2.75, 3.05) is 11.1 Å². The molecule has 2 aromatic heterocycles. The van der Waals surface area contributed by atoms with Crippen LogP contribution in [0.5, 0.6) is 5.88 Å². The van der Waals surface area contributed by atoms with Gasteiger partial charge >= 0.3 is 0 Å². The smallest absolute Gasteiger partial charge is 0.280 e. The third kappa shape index (κ3) is 4.11. The number of aromatic nitrogens is 5. The van der Waals surface area contributed by atoms with Crippen molar-refractivity contribution < 1.29 is 4.74 Å². The highest BCUT2D eigenvalue weighted by atomic mass is 32.2. The van der Waals surface area contributed by atoms with Crippen molar-refractivity contribution in [2.24, 2.45) is 0 Å². The Morgan fingerprint density at radius 3 is 2.70 bits per heavy atom. The van der Waals surface area contributed by atoms with Gasteiger partial charge in [-0.05, 0) is 31.5 Å². The number of aryl methyl sites for hydroxylation is 1. The van der Waals surface area contributed by atoms with E-state index in [4.69, 9.17) is 4.74 Å². The lowest BCUT2D eigenvalue weighted by Crippen LogP contribution is -2.26. The molecule has 0 radical (unpaired) electrons. The van der Waals surface area contributed by atoms with Crippen LogP contribution in [0.3, 0.4) is 0 Å². The molecule has 0 saturated heterocycles. The maximum absolute atomic E-state index is 13.4. The number of aromatic amines is 1. The predicted molar refractivity (Wildman–Crippen MR) is 129 cm³/mol. The first-order valence-electron chi connectivity index (χ1n) is 10.9. The molecule has 0 fully saturated rings. The molecule has 33 heavy (non-hydrogen) atoms. The Bertz CT molecular complexity index is 1330. The van der Waals surface area contributed by atoms with Crippen LogP contribution in [0.1, 0.15) is 37.3 Å². The van der Waals surface area contributed by atoms with E-state index in [0.29, 0.717) is 28.0 Å². The fourth-order valence-corrected chi connectivity index (χ4v) is 4.64. The topological polar surface area (TPSA) is 97.7 Å². The van der Waals surface area contributed by atoms with Crippen LogP contribution in [0.15, 0.2) is 64.5 Å². The molecule has 0 spiro atoms. The van der Waals surface area contributed by atoms with E-state index in [1.165, 1.54) is 4.68 Å². The van der Waals surface area contributed by atoms with E-state index in [0.717, 1.165) is 35.5 Å². The summed E-state index contributed by atoms with van der Waals surface area (Å²) in [5.41, 5.74) is 3.95. The summed E-state index contributed by atoms with van der Waals surface area (Å²) in [4.78, 5) is 18.1. The first-order valence-corrected chi connectivity index (χ1v) is 11.9. The quantitative estimate of drug-likeness (QED) is 0.317. The van der Waals surface area contributed by atoms with Crippen LogP contribution >= 0.6 is 11.8 Å². The Labute approximate surface area is 195 Å². The average molecular weight is 461 g/mol. The molecule has 168 valence electrons. The molecular weight excluding hydrogens is 436 g/mol. The highest BCUT2D eigenvalue weighted by molar-refractivity contribution is 7.99. The van der Waals surface area contributed by atoms with E-state index >= 15 is 0 Å². The summed E-state index contributed by atoms with van der Waals surface area (Å²) in [6.07, 6.45) is 1.42. The van der Waals surface area contributed by atoms with Crippen LogP contribution in [-0.4, -0.2) is 30.7 Å². The van der Waals surface area contributed by atoms with Gasteiger partial charge < -0.3 is 10.1 Å². The van der Waals surface area contributed by atoms with Crippen molar-refractivity contribution in [2.45, 2.75) is 38.1 Å². The molecule has 2 N–H and O–H groups in total. The number of ether oxygens (including phenoxy) is 1. The standard InChI is InChI=1S/C24H24N6O2S/c1-3-4-14-33-24-26-22-20(27-28-24)17-12-8-9-13-18(17)25-21(32-22)19-15(2)29-30(23(19)31)16-10-6-5-7-11-16/h5-13,21,25,29H,3-4,14H2,1-2H3. The molecule has 0 bridgehead atoms. The SMILES string of the molecule is CCCCSc1nnc2c(n1)OC(c1c(C)[nH]n(-c3ccccc3)c1=O)Nc1ccccc1-2. The number of rotatable bonds is 6. The molecule has 9 heteroatoms. The summed E-state index contributed by atoms with van der Waals surface area (Å²) in [7, 11) is 0. The number of H-pyrrole nitrogens is 1. The number of para-hydroxylation sites is 2. The lowest BCUT2D eigenvalue weighted by molar-refractivity contribution is 0.223. The van der Waals surface area contributed by atoms with Gasteiger partial charge in [-0.1, -0.05) is 61.5 Å². The van der Waals surface area contributed by atoms with Gasteiger partial charge in [0.05, 0.1) is 5.69 Å². The van der Waals surface area contributed by atoms with Crippen molar-refractivity contribution in [1.82, 2.24) is 25.0 Å². The van der Waals surface area contributed by atoms with Crippen LogP contribution in [0.25, 0.3) is 16.9 Å². The van der Waals surface area contributed by atoms with Crippen LogP contribution < -0.4 is 15.6 Å². The van der Waals surface area contributed by atoms with Crippen molar-refractivity contribution in [1.29, 1.82) is 0 Å². The molecule has 1 aliphatic heterocycles. The van der Waals surface area contributed by atoms with Gasteiger partial charge in [-0.15, -0.1) is 10.2 Å². The summed E-state index contributed by atoms with van der Waals surface area (Å²) < 4.78 is 7.84. The molecule has 4 aromatic rings. The van der Waals surface area contributed by atoms with Crippen molar-refractivity contribution >= 4 is 17.4 Å². The Morgan fingerprint density at radius 2 is 1.88 bits per heavy atom. The van der Waals surface area contributed by atoms with E-state index < -0.39 is 6.23 Å². The largest absolute Gasteiger partial charge is 0.447 e. The Kier molecular flexibility index (Phi) is 5.87. The van der Waals surface area contributed by atoms with Gasteiger partial charge in [0.2, 0.25) is 17.3 Å². The second-order valence-electron chi connectivity index (χ2n) is 7.76. The third-order valence-electron chi connectivity index (χ3n) is 5.46. The fourth-order valence-electron chi connectivity index (χ4n) is 3.77. The molecular formula is C24H24N6O2S. The van der Waals surface area contributed by atoms with Crippen LogP contribution in [0, 0.1) is 6.92 Å². The molecule has 3 heterocycles. The van der Waals surface area contributed by atoms with Gasteiger partial charge in [0.15, 0.2) is 5.69 Å². The molecule has 0 aliphatic carbocycles. The zero-order valence-corrected chi connectivity index (χ0v) is 19.2. The predicted octanol–water partition coefficient (Wildman–Crippen LogP) is 4.72. The number of unbranched alkanes of at least 4 members (excludes halogenated alkanes) is 1. The maximum atomic E-state index is 13.4. The number of nitrogens with one attached hydrogen (secondary N) is 2. The normalized spacial score (nSPS) is 14.5. The van der Waals surface area contributed by atoms with Crippen LogP contribution in [0.4, 0.5) is 5.69 Å². The Balaban J connectivity index is 1.58. The van der Waals surface area contributed by atoms with E-state index in [1.807, 2.05) is 61.5 Å². The van der Waals surface area contributed by atoms with Gasteiger partial charge in [-0.2, -0.15) is 4.98 Å². The van der Waals surface area contributed by atoms with E-state index in [1.54, 1.807) is 11.8 Å². The third-order valence-corrected chi connectivity index (χ3v) is 6.38. The van der Waals surface area contributed by atoms with Gasteiger partial charge in [-0.3, -0.25) is 9.89 Å². The number of fused-ring (bicyclic) bond motifs is 3. The number of nitrogens with zero attached hydrogens (tertiary/aromatic N) is 4. The van der Waals surface area contributed by atoms with Crippen molar-refractivity contribution in [3.8, 4) is 22.8 Å². The highest BCUT2D eigenvalue weighted by Crippen LogP contribution is 2.39. The second-order valence-corrected chi connectivity index (χ2v) is 8.83. The van der Waals surface area contributed by atoms with Crippen molar-refractivity contribution in [3.63, 3.8) is 0 Å². The van der Waals surface area contributed by atoms with Gasteiger partial charge in [0.1, 0.15) is 5.56 Å². The number of anilines is 1. The minimum absolute atomic E-state index is 0.184. The van der Waals surface area contributed by atoms with Crippen LogP contribution in [0.2, 0.25) is 0 Å². The molecule has 0 saturated carbocycles. The molecule has 0 amide bonds. The van der Waals surface area contributed by atoms with Gasteiger partial charge in [0, 0.05) is 22.7 Å². The van der Waals surface area contributed by atoms with E-state index in [2.05, 4.69) is 32.5 Å². The summed E-state index contributed by atoms with van der Waals surface area (Å²) in [6.45, 7) is 4.01. The Morgan fingerprint density at radius 1 is 1.09 bits per heavy atom. The van der Waals surface area contributed by atoms with Gasteiger partial charge in [-0.25, -0.2) is 4.68 Å². The fraction of sp³-hybridized carbons (Fsp3) is 0.250. The summed E-state index contributed by atoms with van der Waals surface area (Å²) in [5.74, 6) is 1.27. The number of thioether (sulfide) groups is 1. The molecule has 8 nitrogen and oxygen atoms in total. The maximum Gasteiger partial charge on any atom is 0.280 e. The second kappa shape index (κ2) is 9.11. The first kappa shape index (κ1) is 21.3. The van der Waals surface area contributed by atoms with Crippen molar-refractivity contribution in [3.05, 3.63) is 76.2 Å². The summed E-state index contributed by atoms with van der Waals surface area (Å²) in [5, 5.41) is 15.8. The zero-order valence-electron chi connectivity index (χ0n) is 18.4. The average Bonchev–Trinajstić information content (AvgIpc) is 3.04. The molecule has 1 atom stereocenters. The van der Waals surface area contributed by atoms with Gasteiger partial charge in [0.25, 0.3) is 5.56 Å². The minimum atomic E-state index is -0.744. The first-order chi connectivity index (χ1) is 16.2. The monoisotopic (exact) mass is 460 g/mol. The zero-order chi connectivity index (χ0) is 22.8. The molecule has 1 aliphatic rings. The molecule has 5 rings (SSSR count). The number of hydrogen-bond acceptors (Lipinski definition) is 7.